The number of fused-ring (bicyclic) bond motifs is 1. The van der Waals surface area contributed by atoms with Gasteiger partial charge in [-0.05, 0) is 18.6 Å². The first-order valence-electron chi connectivity index (χ1n) is 7.03. The Morgan fingerprint density at radius 2 is 1.91 bits per heavy atom. The molecule has 0 aromatic heterocycles. The minimum atomic E-state index is -0.537. The first-order valence-corrected chi connectivity index (χ1v) is 7.83. The molecule has 0 radical (unpaired) electrons. The molecule has 5 nitrogen and oxygen atoms in total. The number of carbonyl (C=O) groups excluding carboxylic acids is 3. The van der Waals surface area contributed by atoms with Crippen molar-refractivity contribution in [2.75, 3.05) is 7.05 Å². The van der Waals surface area contributed by atoms with Crippen LogP contribution >= 0.6 is 15.9 Å². The summed E-state index contributed by atoms with van der Waals surface area (Å²) in [5.74, 6) is -1.60. The fourth-order valence-electron chi connectivity index (χ4n) is 3.04. The Bertz CT molecular complexity index is 671. The molecular formula is C16H15BrN2O3. The molecule has 1 aliphatic heterocycles. The Morgan fingerprint density at radius 1 is 1.23 bits per heavy atom. The van der Waals surface area contributed by atoms with Gasteiger partial charge in [-0.2, -0.15) is 0 Å². The Balaban J connectivity index is 1.87. The number of imide groups is 1. The number of amides is 3. The van der Waals surface area contributed by atoms with Crippen LogP contribution in [-0.4, -0.2) is 35.7 Å². The maximum absolute atomic E-state index is 12.3. The van der Waals surface area contributed by atoms with Gasteiger partial charge in [-0.15, -0.1) is 0 Å². The number of hydrogen-bond donors (Lipinski definition) is 1. The monoisotopic (exact) mass is 362 g/mol. The molecule has 0 unspecified atom stereocenters. The highest BCUT2D eigenvalue weighted by molar-refractivity contribution is 9.11. The predicted molar refractivity (Wildman–Crippen MR) is 84.1 cm³/mol. The highest BCUT2D eigenvalue weighted by atomic mass is 79.9. The third kappa shape index (κ3) is 2.37. The third-order valence-electron chi connectivity index (χ3n) is 4.24. The molecule has 1 aliphatic carbocycles. The standard InChI is InChI=1S/C16H15BrN2O3/c1-19-15(21)10-7-8-11(17)13(12(10)16(19)22)18-14(20)9-5-3-2-4-6-9/h2-6,8,10,12-13H,7H2,1H3,(H,18,20)/t10-,12-,13+/m0/s1. The van der Waals surface area contributed by atoms with Crippen molar-refractivity contribution in [1.82, 2.24) is 10.2 Å². The van der Waals surface area contributed by atoms with Gasteiger partial charge in [0, 0.05) is 17.1 Å². The Morgan fingerprint density at radius 3 is 2.59 bits per heavy atom. The first kappa shape index (κ1) is 15.0. The molecule has 3 amide bonds. The lowest BCUT2D eigenvalue weighted by Crippen LogP contribution is -2.46. The summed E-state index contributed by atoms with van der Waals surface area (Å²) in [5.41, 5.74) is 0.523. The van der Waals surface area contributed by atoms with E-state index < -0.39 is 12.0 Å². The van der Waals surface area contributed by atoms with Gasteiger partial charge < -0.3 is 5.32 Å². The predicted octanol–water partition coefficient (Wildman–Crippen LogP) is 1.70. The van der Waals surface area contributed by atoms with Crippen LogP contribution in [0.2, 0.25) is 0 Å². The fraction of sp³-hybridized carbons (Fsp3) is 0.312. The van der Waals surface area contributed by atoms with E-state index in [1.54, 1.807) is 24.3 Å². The average Bonchev–Trinajstić information content (AvgIpc) is 2.75. The molecule has 1 heterocycles. The topological polar surface area (TPSA) is 66.5 Å². The van der Waals surface area contributed by atoms with E-state index in [1.807, 2.05) is 12.1 Å². The largest absolute Gasteiger partial charge is 0.344 e. The number of nitrogens with one attached hydrogen (secondary N) is 1. The zero-order chi connectivity index (χ0) is 15.9. The molecule has 1 N–H and O–H groups in total. The van der Waals surface area contributed by atoms with E-state index in [0.29, 0.717) is 12.0 Å². The molecule has 1 fully saturated rings. The number of likely N-dealkylation sites (tertiary alicyclic amines) is 1. The van der Waals surface area contributed by atoms with Crippen LogP contribution in [0.25, 0.3) is 0 Å². The number of rotatable bonds is 2. The smallest absolute Gasteiger partial charge is 0.251 e. The van der Waals surface area contributed by atoms with Crippen LogP contribution in [0.15, 0.2) is 40.9 Å². The van der Waals surface area contributed by atoms with Crippen LogP contribution in [0, 0.1) is 11.8 Å². The summed E-state index contributed by atoms with van der Waals surface area (Å²) in [4.78, 5) is 37.9. The van der Waals surface area contributed by atoms with Crippen LogP contribution in [-0.2, 0) is 9.59 Å². The van der Waals surface area contributed by atoms with Crippen molar-refractivity contribution in [3.63, 3.8) is 0 Å². The maximum atomic E-state index is 12.3. The van der Waals surface area contributed by atoms with E-state index in [-0.39, 0.29) is 23.6 Å². The van der Waals surface area contributed by atoms with E-state index in [2.05, 4.69) is 21.2 Å². The molecule has 2 aliphatic rings. The summed E-state index contributed by atoms with van der Waals surface area (Å²) in [6.07, 6.45) is 2.37. The van der Waals surface area contributed by atoms with E-state index in [0.717, 1.165) is 9.38 Å². The highest BCUT2D eigenvalue weighted by Gasteiger charge is 2.51. The molecular weight excluding hydrogens is 348 g/mol. The summed E-state index contributed by atoms with van der Waals surface area (Å²) in [7, 11) is 1.49. The quantitative estimate of drug-likeness (QED) is 0.814. The van der Waals surface area contributed by atoms with Gasteiger partial charge in [-0.25, -0.2) is 0 Å². The molecule has 0 saturated carbocycles. The van der Waals surface area contributed by atoms with Crippen molar-refractivity contribution >= 4 is 33.7 Å². The zero-order valence-corrected chi connectivity index (χ0v) is 13.5. The molecule has 0 spiro atoms. The van der Waals surface area contributed by atoms with Crippen LogP contribution in [0.3, 0.4) is 0 Å². The minimum absolute atomic E-state index is 0.176. The minimum Gasteiger partial charge on any atom is -0.344 e. The molecule has 1 saturated heterocycles. The SMILES string of the molecule is CN1C(=O)[C@H]2[C@H](CC=C(Br)[C@H]2NC(=O)c2ccccc2)C1=O. The third-order valence-corrected chi connectivity index (χ3v) is 5.06. The van der Waals surface area contributed by atoms with Gasteiger partial charge in [0.25, 0.3) is 5.91 Å². The van der Waals surface area contributed by atoms with E-state index in [4.69, 9.17) is 0 Å². The van der Waals surface area contributed by atoms with Gasteiger partial charge in [0.2, 0.25) is 11.8 Å². The molecule has 1 aromatic rings. The lowest BCUT2D eigenvalue weighted by Gasteiger charge is -2.29. The van der Waals surface area contributed by atoms with Gasteiger partial charge in [-0.3, -0.25) is 19.3 Å². The lowest BCUT2D eigenvalue weighted by atomic mass is 9.81. The molecule has 1 aromatic carbocycles. The van der Waals surface area contributed by atoms with Crippen LogP contribution < -0.4 is 5.32 Å². The average molecular weight is 363 g/mol. The first-order chi connectivity index (χ1) is 10.5. The van der Waals surface area contributed by atoms with Crippen LogP contribution in [0.4, 0.5) is 0 Å². The van der Waals surface area contributed by atoms with Crippen molar-refractivity contribution in [3.05, 3.63) is 46.5 Å². The highest BCUT2D eigenvalue weighted by Crippen LogP contribution is 2.39. The van der Waals surface area contributed by atoms with Crippen molar-refractivity contribution in [2.24, 2.45) is 11.8 Å². The fourth-order valence-corrected chi connectivity index (χ4v) is 3.63. The van der Waals surface area contributed by atoms with Gasteiger partial charge in [-0.1, -0.05) is 40.2 Å². The molecule has 3 atom stereocenters. The van der Waals surface area contributed by atoms with E-state index in [9.17, 15) is 14.4 Å². The van der Waals surface area contributed by atoms with Gasteiger partial charge >= 0.3 is 0 Å². The number of nitrogens with zero attached hydrogens (tertiary/aromatic N) is 1. The lowest BCUT2D eigenvalue weighted by molar-refractivity contribution is -0.138. The van der Waals surface area contributed by atoms with Crippen LogP contribution in [0.1, 0.15) is 16.8 Å². The summed E-state index contributed by atoms with van der Waals surface area (Å²) < 4.78 is 0.745. The number of halogens is 1. The van der Waals surface area contributed by atoms with Crippen molar-refractivity contribution in [3.8, 4) is 0 Å². The Kier molecular flexibility index (Phi) is 3.87. The van der Waals surface area contributed by atoms with Crippen LogP contribution in [0.5, 0.6) is 0 Å². The number of hydrogen-bond acceptors (Lipinski definition) is 3. The summed E-state index contributed by atoms with van der Waals surface area (Å²) in [6.45, 7) is 0. The zero-order valence-electron chi connectivity index (χ0n) is 12.0. The Labute approximate surface area is 136 Å². The molecule has 0 bridgehead atoms. The Hall–Kier alpha value is -1.95. The van der Waals surface area contributed by atoms with E-state index >= 15 is 0 Å². The molecule has 3 rings (SSSR count). The van der Waals surface area contributed by atoms with Gasteiger partial charge in [0.1, 0.15) is 0 Å². The van der Waals surface area contributed by atoms with Crippen molar-refractivity contribution < 1.29 is 14.4 Å². The second-order valence-corrected chi connectivity index (χ2v) is 6.43. The number of benzene rings is 1. The van der Waals surface area contributed by atoms with Gasteiger partial charge in [0.05, 0.1) is 17.9 Å². The molecule has 22 heavy (non-hydrogen) atoms. The van der Waals surface area contributed by atoms with Crippen molar-refractivity contribution in [2.45, 2.75) is 12.5 Å². The van der Waals surface area contributed by atoms with E-state index in [1.165, 1.54) is 7.05 Å². The van der Waals surface area contributed by atoms with Crippen molar-refractivity contribution in [1.29, 1.82) is 0 Å². The normalized spacial score (nSPS) is 27.5. The summed E-state index contributed by atoms with van der Waals surface area (Å²) >= 11 is 3.42. The summed E-state index contributed by atoms with van der Waals surface area (Å²) in [5, 5.41) is 2.87. The second kappa shape index (κ2) is 5.68. The second-order valence-electron chi connectivity index (χ2n) is 5.51. The number of allylic oxidation sites excluding steroid dienone is 1. The van der Waals surface area contributed by atoms with Gasteiger partial charge in [0.15, 0.2) is 0 Å². The molecule has 6 heteroatoms. The summed E-state index contributed by atoms with van der Waals surface area (Å²) in [6, 6.07) is 8.30. The number of carbonyl (C=O) groups is 3. The molecule has 114 valence electrons. The maximum Gasteiger partial charge on any atom is 0.251 e.